The summed E-state index contributed by atoms with van der Waals surface area (Å²) >= 11 is 0. The van der Waals surface area contributed by atoms with Gasteiger partial charge >= 0.3 is 0 Å². The van der Waals surface area contributed by atoms with Gasteiger partial charge in [-0.25, -0.2) is 4.98 Å². The Balaban J connectivity index is 1.77. The molecule has 1 N–H and O–H groups in total. The van der Waals surface area contributed by atoms with Gasteiger partial charge in [0, 0.05) is 25.5 Å². The predicted molar refractivity (Wildman–Crippen MR) is 61.5 cm³/mol. The summed E-state index contributed by atoms with van der Waals surface area (Å²) in [6.07, 6.45) is 4.95. The lowest BCUT2D eigenvalue weighted by molar-refractivity contribution is 0.191. The molecule has 1 aliphatic rings. The molecule has 90 valence electrons. The molecular formula is C12H20N2O2. The second-order valence-corrected chi connectivity index (χ2v) is 4.22. The van der Waals surface area contributed by atoms with E-state index >= 15 is 0 Å². The highest BCUT2D eigenvalue weighted by molar-refractivity contribution is 5.03. The van der Waals surface area contributed by atoms with E-state index in [-0.39, 0.29) is 0 Å². The lowest BCUT2D eigenvalue weighted by Gasteiger charge is -2.01. The van der Waals surface area contributed by atoms with Crippen LogP contribution in [0.3, 0.4) is 0 Å². The molecule has 16 heavy (non-hydrogen) atoms. The van der Waals surface area contributed by atoms with Gasteiger partial charge in [0.1, 0.15) is 5.76 Å². The SMILES string of the molecule is CCCNCCc1ncc(C2CCOC2)o1. The van der Waals surface area contributed by atoms with Crippen molar-refractivity contribution in [2.45, 2.75) is 32.1 Å². The number of nitrogens with one attached hydrogen (secondary N) is 1. The minimum atomic E-state index is 0.421. The Morgan fingerprint density at radius 3 is 3.19 bits per heavy atom. The predicted octanol–water partition coefficient (Wildman–Crippen LogP) is 1.72. The third-order valence-electron chi connectivity index (χ3n) is 2.85. The summed E-state index contributed by atoms with van der Waals surface area (Å²) in [6.45, 7) is 5.79. The molecule has 2 rings (SSSR count). The van der Waals surface area contributed by atoms with Crippen molar-refractivity contribution in [1.82, 2.24) is 10.3 Å². The highest BCUT2D eigenvalue weighted by Crippen LogP contribution is 2.25. The van der Waals surface area contributed by atoms with Crippen LogP contribution in [-0.2, 0) is 11.2 Å². The van der Waals surface area contributed by atoms with Crippen LogP contribution in [0.2, 0.25) is 0 Å². The molecule has 1 aliphatic heterocycles. The quantitative estimate of drug-likeness (QED) is 0.747. The van der Waals surface area contributed by atoms with Gasteiger partial charge in [0.05, 0.1) is 12.8 Å². The maximum atomic E-state index is 5.72. The first-order valence-electron chi connectivity index (χ1n) is 6.13. The van der Waals surface area contributed by atoms with Crippen molar-refractivity contribution >= 4 is 0 Å². The molecule has 1 saturated heterocycles. The summed E-state index contributed by atoms with van der Waals surface area (Å²) in [4.78, 5) is 4.30. The molecule has 1 aromatic heterocycles. The Morgan fingerprint density at radius 2 is 2.44 bits per heavy atom. The highest BCUT2D eigenvalue weighted by Gasteiger charge is 2.21. The minimum absolute atomic E-state index is 0.421. The normalized spacial score (nSPS) is 20.4. The molecule has 0 aromatic carbocycles. The van der Waals surface area contributed by atoms with Crippen LogP contribution in [0.5, 0.6) is 0 Å². The van der Waals surface area contributed by atoms with Crippen LogP contribution in [0.4, 0.5) is 0 Å². The van der Waals surface area contributed by atoms with Gasteiger partial charge in [0.15, 0.2) is 5.89 Å². The fourth-order valence-corrected chi connectivity index (χ4v) is 1.88. The highest BCUT2D eigenvalue weighted by atomic mass is 16.5. The summed E-state index contributed by atoms with van der Waals surface area (Å²) in [5.41, 5.74) is 0. The smallest absolute Gasteiger partial charge is 0.195 e. The standard InChI is InChI=1S/C12H20N2O2/c1-2-5-13-6-3-12-14-8-11(16-12)10-4-7-15-9-10/h8,10,13H,2-7,9H2,1H3. The molecule has 0 radical (unpaired) electrons. The van der Waals surface area contributed by atoms with Gasteiger partial charge in [-0.15, -0.1) is 0 Å². The summed E-state index contributed by atoms with van der Waals surface area (Å²) in [6, 6.07) is 0. The molecule has 1 atom stereocenters. The van der Waals surface area contributed by atoms with Crippen molar-refractivity contribution in [3.8, 4) is 0 Å². The van der Waals surface area contributed by atoms with Crippen molar-refractivity contribution in [1.29, 1.82) is 0 Å². The Hall–Kier alpha value is -0.870. The van der Waals surface area contributed by atoms with Crippen LogP contribution in [0.15, 0.2) is 10.6 Å². The van der Waals surface area contributed by atoms with Crippen LogP contribution in [0.25, 0.3) is 0 Å². The van der Waals surface area contributed by atoms with Crippen LogP contribution in [0.1, 0.15) is 37.3 Å². The van der Waals surface area contributed by atoms with E-state index in [4.69, 9.17) is 9.15 Å². The van der Waals surface area contributed by atoms with Gasteiger partial charge in [-0.05, 0) is 19.4 Å². The largest absolute Gasteiger partial charge is 0.445 e. The van der Waals surface area contributed by atoms with Gasteiger partial charge in [-0.3, -0.25) is 0 Å². The van der Waals surface area contributed by atoms with E-state index in [1.807, 2.05) is 6.20 Å². The molecule has 4 heteroatoms. The average molecular weight is 224 g/mol. The molecule has 2 heterocycles. The Morgan fingerprint density at radius 1 is 1.50 bits per heavy atom. The van der Waals surface area contributed by atoms with Crippen LogP contribution >= 0.6 is 0 Å². The number of oxazole rings is 1. The molecule has 0 saturated carbocycles. The first-order chi connectivity index (χ1) is 7.90. The van der Waals surface area contributed by atoms with Gasteiger partial charge in [-0.2, -0.15) is 0 Å². The molecule has 0 spiro atoms. The van der Waals surface area contributed by atoms with Gasteiger partial charge in [0.25, 0.3) is 0 Å². The lowest BCUT2D eigenvalue weighted by Crippen LogP contribution is -2.17. The first kappa shape index (κ1) is 11.6. The second kappa shape index (κ2) is 6.01. The summed E-state index contributed by atoms with van der Waals surface area (Å²) in [5, 5.41) is 3.34. The second-order valence-electron chi connectivity index (χ2n) is 4.22. The summed E-state index contributed by atoms with van der Waals surface area (Å²) < 4.78 is 11.1. The van der Waals surface area contributed by atoms with E-state index in [1.165, 1.54) is 0 Å². The Labute approximate surface area is 96.4 Å². The van der Waals surface area contributed by atoms with E-state index < -0.39 is 0 Å². The van der Waals surface area contributed by atoms with E-state index in [1.54, 1.807) is 0 Å². The van der Waals surface area contributed by atoms with Gasteiger partial charge < -0.3 is 14.5 Å². The van der Waals surface area contributed by atoms with E-state index in [9.17, 15) is 0 Å². The summed E-state index contributed by atoms with van der Waals surface area (Å²) in [7, 11) is 0. The number of hydrogen-bond donors (Lipinski definition) is 1. The topological polar surface area (TPSA) is 47.3 Å². The number of rotatable bonds is 6. The first-order valence-corrected chi connectivity index (χ1v) is 6.13. The van der Waals surface area contributed by atoms with Gasteiger partial charge in [0.2, 0.25) is 0 Å². The zero-order valence-electron chi connectivity index (χ0n) is 9.87. The number of ether oxygens (including phenoxy) is 1. The van der Waals surface area contributed by atoms with Crippen molar-refractivity contribution in [3.63, 3.8) is 0 Å². The third kappa shape index (κ3) is 3.06. The number of aromatic nitrogens is 1. The number of hydrogen-bond acceptors (Lipinski definition) is 4. The van der Waals surface area contributed by atoms with Crippen molar-refractivity contribution in [3.05, 3.63) is 17.8 Å². The zero-order chi connectivity index (χ0) is 11.2. The molecule has 0 bridgehead atoms. The average Bonchev–Trinajstić information content (AvgIpc) is 2.94. The van der Waals surface area contributed by atoms with E-state index in [0.717, 1.165) is 57.2 Å². The molecule has 1 unspecified atom stereocenters. The Kier molecular flexibility index (Phi) is 4.36. The minimum Gasteiger partial charge on any atom is -0.445 e. The van der Waals surface area contributed by atoms with Crippen LogP contribution < -0.4 is 5.32 Å². The molecule has 0 aliphatic carbocycles. The lowest BCUT2D eigenvalue weighted by atomic mass is 10.1. The monoisotopic (exact) mass is 224 g/mol. The number of nitrogens with zero attached hydrogens (tertiary/aromatic N) is 1. The maximum absolute atomic E-state index is 5.72. The van der Waals surface area contributed by atoms with Crippen LogP contribution in [-0.4, -0.2) is 31.3 Å². The fourth-order valence-electron chi connectivity index (χ4n) is 1.88. The molecule has 1 aromatic rings. The van der Waals surface area contributed by atoms with E-state index in [2.05, 4.69) is 17.2 Å². The molecular weight excluding hydrogens is 204 g/mol. The Bertz CT molecular complexity index is 306. The fraction of sp³-hybridized carbons (Fsp3) is 0.750. The molecule has 1 fully saturated rings. The molecule has 4 nitrogen and oxygen atoms in total. The van der Waals surface area contributed by atoms with Crippen molar-refractivity contribution in [2.75, 3.05) is 26.3 Å². The van der Waals surface area contributed by atoms with E-state index in [0.29, 0.717) is 5.92 Å². The maximum Gasteiger partial charge on any atom is 0.195 e. The van der Waals surface area contributed by atoms with Gasteiger partial charge in [-0.1, -0.05) is 6.92 Å². The third-order valence-corrected chi connectivity index (χ3v) is 2.85. The zero-order valence-corrected chi connectivity index (χ0v) is 9.87. The summed E-state index contributed by atoms with van der Waals surface area (Å²) in [5.74, 6) is 2.25. The molecule has 0 amide bonds. The van der Waals surface area contributed by atoms with Crippen molar-refractivity contribution in [2.24, 2.45) is 0 Å². The van der Waals surface area contributed by atoms with Crippen molar-refractivity contribution < 1.29 is 9.15 Å². The van der Waals surface area contributed by atoms with Crippen LogP contribution in [0, 0.1) is 0 Å².